The Morgan fingerprint density at radius 3 is 2.50 bits per heavy atom. The van der Waals surface area contributed by atoms with Crippen LogP contribution in [0.15, 0.2) is 54.9 Å². The molecule has 5 heterocycles. The van der Waals surface area contributed by atoms with Crippen molar-refractivity contribution in [1.82, 2.24) is 39.4 Å². The molecule has 0 bridgehead atoms. The number of nitrogens with one attached hydrogen (secondary N) is 1. The first-order chi connectivity index (χ1) is 20.6. The van der Waals surface area contributed by atoms with E-state index in [1.54, 1.807) is 35.2 Å². The third-order valence-corrected chi connectivity index (χ3v) is 7.06. The molecule has 204 valence electrons. The Hall–Kier alpha value is -5.97. The van der Waals surface area contributed by atoms with E-state index in [1.807, 2.05) is 24.3 Å². The molecule has 42 heavy (non-hydrogen) atoms. The third kappa shape index (κ3) is 5.13. The Kier molecular flexibility index (Phi) is 7.04. The molecule has 1 aromatic carbocycles. The minimum absolute atomic E-state index is 0.0657. The molecule has 0 radical (unpaired) electrons. The van der Waals surface area contributed by atoms with E-state index in [1.165, 1.54) is 0 Å². The molecule has 5 aromatic rings. The molecule has 4 aromatic heterocycles. The number of aromatic nitrogens is 7. The zero-order valence-electron chi connectivity index (χ0n) is 22.3. The topological polar surface area (TPSA) is 175 Å². The molecule has 0 aliphatic carbocycles. The summed E-state index contributed by atoms with van der Waals surface area (Å²) in [6.07, 6.45) is 5.09. The van der Waals surface area contributed by atoms with Crippen LogP contribution in [-0.2, 0) is 6.54 Å². The number of hydrogen-bond acceptors (Lipinski definition) is 11. The zero-order chi connectivity index (χ0) is 29.1. The van der Waals surface area contributed by atoms with Crippen LogP contribution in [0.4, 0.5) is 17.5 Å². The van der Waals surface area contributed by atoms with Gasteiger partial charge >= 0.3 is 5.82 Å². The van der Waals surface area contributed by atoms with Crippen molar-refractivity contribution in [2.75, 3.05) is 24.1 Å². The lowest BCUT2D eigenvalue weighted by Crippen LogP contribution is -2.38. The summed E-state index contributed by atoms with van der Waals surface area (Å²) in [4.78, 5) is 31.5. The van der Waals surface area contributed by atoms with Crippen LogP contribution in [0, 0.1) is 29.2 Å². The highest BCUT2D eigenvalue weighted by Crippen LogP contribution is 2.31. The van der Waals surface area contributed by atoms with Crippen LogP contribution in [0.25, 0.3) is 33.2 Å². The standard InChI is InChI=1S/C29H23N13/c1-33-26-22(15-30)37-29-27(39-26)40-28(21-3-2-11-35-25(21)32)42(29)20-6-4-18(5-7-20)17-41-13-9-19(10-14-41)36-23-8-12-34-24(16-31)38-23/h2-8,11-12,19H,9-10,13-14,17H2,(H2,32,35)(H,34,36,38). The predicted molar refractivity (Wildman–Crippen MR) is 154 cm³/mol. The maximum absolute atomic E-state index is 9.56. The van der Waals surface area contributed by atoms with Gasteiger partial charge in [-0.3, -0.25) is 9.47 Å². The summed E-state index contributed by atoms with van der Waals surface area (Å²) in [6.45, 7) is 10.0. The maximum atomic E-state index is 9.56. The highest BCUT2D eigenvalue weighted by molar-refractivity contribution is 5.82. The summed E-state index contributed by atoms with van der Waals surface area (Å²) in [5.74, 6) is 1.49. The van der Waals surface area contributed by atoms with Gasteiger partial charge in [0.15, 0.2) is 11.5 Å². The van der Waals surface area contributed by atoms with Gasteiger partial charge in [-0.05, 0) is 48.7 Å². The highest BCUT2D eigenvalue weighted by atomic mass is 15.2. The Labute approximate surface area is 240 Å². The molecule has 1 aliphatic rings. The molecule has 0 amide bonds. The minimum Gasteiger partial charge on any atom is -0.383 e. The molecule has 1 aliphatic heterocycles. The largest absolute Gasteiger partial charge is 0.383 e. The van der Waals surface area contributed by atoms with Crippen LogP contribution in [0.3, 0.4) is 0 Å². The second kappa shape index (κ2) is 11.3. The van der Waals surface area contributed by atoms with Crippen molar-refractivity contribution in [1.29, 1.82) is 10.5 Å². The van der Waals surface area contributed by atoms with Crippen molar-refractivity contribution in [2.45, 2.75) is 25.4 Å². The number of nitrogens with zero attached hydrogens (tertiary/aromatic N) is 11. The van der Waals surface area contributed by atoms with Crippen LogP contribution < -0.4 is 11.1 Å². The van der Waals surface area contributed by atoms with E-state index in [4.69, 9.17) is 17.6 Å². The lowest BCUT2D eigenvalue weighted by atomic mass is 10.0. The number of hydrogen-bond donors (Lipinski definition) is 2. The van der Waals surface area contributed by atoms with Gasteiger partial charge in [-0.25, -0.2) is 19.9 Å². The maximum Gasteiger partial charge on any atom is 0.308 e. The number of piperidine rings is 1. The number of imidazole rings is 1. The number of likely N-dealkylation sites (tertiary alicyclic amines) is 1. The van der Waals surface area contributed by atoms with Gasteiger partial charge in [0.25, 0.3) is 5.65 Å². The number of nitrogen functional groups attached to an aromatic ring is 1. The van der Waals surface area contributed by atoms with Crippen LogP contribution in [-0.4, -0.2) is 58.5 Å². The fraction of sp³-hybridized carbons (Fsp3) is 0.207. The van der Waals surface area contributed by atoms with E-state index in [9.17, 15) is 5.26 Å². The van der Waals surface area contributed by atoms with E-state index in [2.05, 4.69) is 57.1 Å². The summed E-state index contributed by atoms with van der Waals surface area (Å²) in [5, 5.41) is 22.0. The van der Waals surface area contributed by atoms with Gasteiger partial charge in [0.05, 0.1) is 5.56 Å². The molecule has 0 unspecified atom stereocenters. The predicted octanol–water partition coefficient (Wildman–Crippen LogP) is 3.62. The van der Waals surface area contributed by atoms with Gasteiger partial charge in [0, 0.05) is 43.8 Å². The molecule has 6 rings (SSSR count). The van der Waals surface area contributed by atoms with Crippen LogP contribution in [0.1, 0.15) is 29.9 Å². The average molecular weight is 554 g/mol. The van der Waals surface area contributed by atoms with Gasteiger partial charge < -0.3 is 15.9 Å². The van der Waals surface area contributed by atoms with E-state index < -0.39 is 0 Å². The van der Waals surface area contributed by atoms with E-state index in [0.717, 1.165) is 43.7 Å². The first-order valence-electron chi connectivity index (χ1n) is 13.2. The zero-order valence-corrected chi connectivity index (χ0v) is 22.3. The minimum atomic E-state index is -0.0985. The number of fused-ring (bicyclic) bond motifs is 1. The summed E-state index contributed by atoms with van der Waals surface area (Å²) in [6, 6.07) is 17.6. The molecule has 3 N–H and O–H groups in total. The number of nitrogens with two attached hydrogens (primary N) is 1. The first-order valence-corrected chi connectivity index (χ1v) is 13.2. The van der Waals surface area contributed by atoms with Crippen LogP contribution in [0.5, 0.6) is 0 Å². The normalized spacial score (nSPS) is 13.7. The molecule has 1 saturated heterocycles. The SMILES string of the molecule is [C-]#[N+]c1nc2nc(-c3cccnc3N)n(-c3ccc(CN4CCC(Nc5ccnc(C#N)n5)CC4)cc3)c2nc1C#N. The lowest BCUT2D eigenvalue weighted by molar-refractivity contribution is 0.211. The smallest absolute Gasteiger partial charge is 0.308 e. The van der Waals surface area contributed by atoms with Gasteiger partial charge in [-0.15, -0.1) is 0 Å². The lowest BCUT2D eigenvalue weighted by Gasteiger charge is -2.32. The Balaban J connectivity index is 1.23. The fourth-order valence-electron chi connectivity index (χ4n) is 5.02. The summed E-state index contributed by atoms with van der Waals surface area (Å²) in [7, 11) is 0. The van der Waals surface area contributed by atoms with E-state index in [-0.39, 0.29) is 29.0 Å². The Morgan fingerprint density at radius 1 is 0.976 bits per heavy atom. The first kappa shape index (κ1) is 26.3. The third-order valence-electron chi connectivity index (χ3n) is 7.06. The van der Waals surface area contributed by atoms with Crippen molar-refractivity contribution in [2.24, 2.45) is 0 Å². The number of rotatable bonds is 6. The number of benzene rings is 1. The van der Waals surface area contributed by atoms with Crippen molar-refractivity contribution in [3.63, 3.8) is 0 Å². The number of pyridine rings is 1. The van der Waals surface area contributed by atoms with Crippen LogP contribution >= 0.6 is 0 Å². The average Bonchev–Trinajstić information content (AvgIpc) is 3.40. The molecule has 13 nitrogen and oxygen atoms in total. The molecular weight excluding hydrogens is 530 g/mol. The molecular formula is C29H23N13. The van der Waals surface area contributed by atoms with Gasteiger partial charge in [-0.1, -0.05) is 23.7 Å². The van der Waals surface area contributed by atoms with Crippen molar-refractivity contribution in [3.8, 4) is 29.2 Å². The van der Waals surface area contributed by atoms with Gasteiger partial charge in [0.2, 0.25) is 11.5 Å². The molecule has 0 atom stereocenters. The van der Waals surface area contributed by atoms with Crippen molar-refractivity contribution in [3.05, 3.63) is 83.4 Å². The highest BCUT2D eigenvalue weighted by Gasteiger charge is 2.24. The number of nitriles is 2. The van der Waals surface area contributed by atoms with Crippen molar-refractivity contribution < 1.29 is 0 Å². The fourth-order valence-corrected chi connectivity index (χ4v) is 5.02. The van der Waals surface area contributed by atoms with Crippen molar-refractivity contribution >= 4 is 28.7 Å². The van der Waals surface area contributed by atoms with Crippen LogP contribution in [0.2, 0.25) is 0 Å². The molecule has 13 heteroatoms. The summed E-state index contributed by atoms with van der Waals surface area (Å²) in [5.41, 5.74) is 9.21. The van der Waals surface area contributed by atoms with E-state index >= 15 is 0 Å². The Morgan fingerprint density at radius 2 is 1.79 bits per heavy atom. The second-order valence-electron chi connectivity index (χ2n) is 9.71. The molecule has 0 saturated carbocycles. The van der Waals surface area contributed by atoms with Gasteiger partial charge in [0.1, 0.15) is 23.8 Å². The molecule has 0 spiro atoms. The monoisotopic (exact) mass is 553 g/mol. The van der Waals surface area contributed by atoms with Gasteiger partial charge in [-0.2, -0.15) is 15.5 Å². The molecule has 1 fully saturated rings. The quantitative estimate of drug-likeness (QED) is 0.294. The van der Waals surface area contributed by atoms with E-state index in [0.29, 0.717) is 28.7 Å². The number of anilines is 2. The summed E-state index contributed by atoms with van der Waals surface area (Å²) < 4.78 is 1.79. The summed E-state index contributed by atoms with van der Waals surface area (Å²) >= 11 is 0. The second-order valence-corrected chi connectivity index (χ2v) is 9.71. The Bertz CT molecular complexity index is 1900.